The number of hydrogen-bond donors (Lipinski definition) is 0. The zero-order valence-corrected chi connectivity index (χ0v) is 10.9. The Morgan fingerprint density at radius 2 is 2.06 bits per heavy atom. The minimum absolute atomic E-state index is 0.837. The highest BCUT2D eigenvalue weighted by Crippen LogP contribution is 2.23. The number of para-hydroxylation sites is 1. The number of nitrogens with zero attached hydrogens (tertiary/aromatic N) is 3. The van der Waals surface area contributed by atoms with Crippen molar-refractivity contribution in [2.45, 2.75) is 19.0 Å². The number of rotatable bonds is 4. The Labute approximate surface area is 106 Å². The summed E-state index contributed by atoms with van der Waals surface area (Å²) in [4.78, 5) is 0. The Balaban J connectivity index is 2.47. The molecule has 0 aliphatic carbocycles. The minimum Gasteiger partial charge on any atom is -0.274 e. The first-order chi connectivity index (χ1) is 8.24. The SMILES string of the molecule is C=CCSc1nnc(C)n1-c1ccccc1C. The molecule has 0 bridgehead atoms. The fraction of sp³-hybridized carbons (Fsp3) is 0.231. The highest BCUT2D eigenvalue weighted by molar-refractivity contribution is 7.99. The van der Waals surface area contributed by atoms with Gasteiger partial charge in [0.1, 0.15) is 5.82 Å². The number of benzene rings is 1. The van der Waals surface area contributed by atoms with Crippen LogP contribution in [0.25, 0.3) is 5.69 Å². The molecular formula is C13H15N3S. The van der Waals surface area contributed by atoms with Gasteiger partial charge < -0.3 is 0 Å². The lowest BCUT2D eigenvalue weighted by molar-refractivity contribution is 0.863. The van der Waals surface area contributed by atoms with Gasteiger partial charge in [0, 0.05) is 5.75 Å². The van der Waals surface area contributed by atoms with Crippen LogP contribution in [-0.2, 0) is 0 Å². The van der Waals surface area contributed by atoms with Gasteiger partial charge in [0.05, 0.1) is 5.69 Å². The lowest BCUT2D eigenvalue weighted by atomic mass is 10.2. The van der Waals surface area contributed by atoms with Gasteiger partial charge in [0.15, 0.2) is 5.16 Å². The average Bonchev–Trinajstić information content (AvgIpc) is 2.69. The fourth-order valence-corrected chi connectivity index (χ4v) is 2.39. The average molecular weight is 245 g/mol. The van der Waals surface area contributed by atoms with E-state index in [4.69, 9.17) is 0 Å². The van der Waals surface area contributed by atoms with Gasteiger partial charge in [-0.25, -0.2) is 0 Å². The van der Waals surface area contributed by atoms with Crippen LogP contribution in [0.5, 0.6) is 0 Å². The van der Waals surface area contributed by atoms with Crippen molar-refractivity contribution in [1.82, 2.24) is 14.8 Å². The molecule has 1 heterocycles. The molecule has 0 aliphatic rings. The van der Waals surface area contributed by atoms with Crippen LogP contribution in [-0.4, -0.2) is 20.5 Å². The Kier molecular flexibility index (Phi) is 3.64. The van der Waals surface area contributed by atoms with Crippen molar-refractivity contribution in [3.05, 3.63) is 48.3 Å². The molecule has 0 saturated heterocycles. The van der Waals surface area contributed by atoms with E-state index in [-0.39, 0.29) is 0 Å². The molecule has 88 valence electrons. The maximum Gasteiger partial charge on any atom is 0.196 e. The maximum absolute atomic E-state index is 4.20. The second kappa shape index (κ2) is 5.19. The van der Waals surface area contributed by atoms with E-state index in [1.165, 1.54) is 5.56 Å². The van der Waals surface area contributed by atoms with Gasteiger partial charge in [-0.1, -0.05) is 36.0 Å². The molecule has 0 fully saturated rings. The monoisotopic (exact) mass is 245 g/mol. The predicted octanol–water partition coefficient (Wildman–Crippen LogP) is 3.16. The molecule has 1 aromatic heterocycles. The van der Waals surface area contributed by atoms with E-state index in [1.54, 1.807) is 11.8 Å². The van der Waals surface area contributed by atoms with Crippen LogP contribution in [0.15, 0.2) is 42.1 Å². The third-order valence-electron chi connectivity index (χ3n) is 2.48. The Morgan fingerprint density at radius 3 is 2.76 bits per heavy atom. The van der Waals surface area contributed by atoms with E-state index in [2.05, 4.69) is 40.4 Å². The van der Waals surface area contributed by atoms with Gasteiger partial charge in [0.2, 0.25) is 0 Å². The van der Waals surface area contributed by atoms with E-state index in [1.807, 2.05) is 25.1 Å². The standard InChI is InChI=1S/C13H15N3S/c1-4-9-17-13-15-14-11(3)16(13)12-8-6-5-7-10(12)2/h4-8H,1,9H2,2-3H3. The summed E-state index contributed by atoms with van der Waals surface area (Å²) in [6.45, 7) is 7.79. The summed E-state index contributed by atoms with van der Waals surface area (Å²) >= 11 is 1.64. The molecule has 2 aromatic rings. The molecular weight excluding hydrogens is 230 g/mol. The van der Waals surface area contributed by atoms with Gasteiger partial charge in [-0.2, -0.15) is 0 Å². The minimum atomic E-state index is 0.837. The van der Waals surface area contributed by atoms with E-state index in [9.17, 15) is 0 Å². The normalized spacial score (nSPS) is 10.5. The van der Waals surface area contributed by atoms with Crippen LogP contribution in [0.3, 0.4) is 0 Å². The van der Waals surface area contributed by atoms with Crippen molar-refractivity contribution >= 4 is 11.8 Å². The van der Waals surface area contributed by atoms with Crippen molar-refractivity contribution in [3.8, 4) is 5.69 Å². The summed E-state index contributed by atoms with van der Waals surface area (Å²) in [6.07, 6.45) is 1.87. The summed E-state index contributed by atoms with van der Waals surface area (Å²) in [6, 6.07) is 8.25. The fourth-order valence-electron chi connectivity index (χ4n) is 1.66. The van der Waals surface area contributed by atoms with Crippen molar-refractivity contribution in [3.63, 3.8) is 0 Å². The molecule has 0 atom stereocenters. The molecule has 1 aromatic carbocycles. The topological polar surface area (TPSA) is 30.7 Å². The van der Waals surface area contributed by atoms with Crippen LogP contribution in [0.1, 0.15) is 11.4 Å². The van der Waals surface area contributed by atoms with Crippen LogP contribution in [0.4, 0.5) is 0 Å². The third kappa shape index (κ3) is 2.42. The van der Waals surface area contributed by atoms with Crippen molar-refractivity contribution in [2.24, 2.45) is 0 Å². The molecule has 0 amide bonds. The smallest absolute Gasteiger partial charge is 0.196 e. The highest BCUT2D eigenvalue weighted by Gasteiger charge is 2.11. The van der Waals surface area contributed by atoms with Gasteiger partial charge in [0.25, 0.3) is 0 Å². The van der Waals surface area contributed by atoms with Gasteiger partial charge in [-0.15, -0.1) is 16.8 Å². The number of hydrogen-bond acceptors (Lipinski definition) is 3. The van der Waals surface area contributed by atoms with Crippen LogP contribution >= 0.6 is 11.8 Å². The first-order valence-corrected chi connectivity index (χ1v) is 6.44. The largest absolute Gasteiger partial charge is 0.274 e. The Hall–Kier alpha value is -1.55. The van der Waals surface area contributed by atoms with Crippen molar-refractivity contribution < 1.29 is 0 Å². The summed E-state index contributed by atoms with van der Waals surface area (Å²) in [7, 11) is 0. The van der Waals surface area contributed by atoms with E-state index >= 15 is 0 Å². The molecule has 0 spiro atoms. The van der Waals surface area contributed by atoms with E-state index in [0.717, 1.165) is 22.4 Å². The number of aromatic nitrogens is 3. The highest BCUT2D eigenvalue weighted by atomic mass is 32.2. The maximum atomic E-state index is 4.20. The molecule has 0 radical (unpaired) electrons. The first kappa shape index (κ1) is 11.9. The summed E-state index contributed by atoms with van der Waals surface area (Å²) < 4.78 is 2.09. The van der Waals surface area contributed by atoms with Crippen LogP contribution < -0.4 is 0 Å². The number of aryl methyl sites for hydroxylation is 2. The zero-order valence-electron chi connectivity index (χ0n) is 10.1. The first-order valence-electron chi connectivity index (χ1n) is 5.45. The quantitative estimate of drug-likeness (QED) is 0.612. The van der Waals surface area contributed by atoms with Gasteiger partial charge >= 0.3 is 0 Å². The lowest BCUT2D eigenvalue weighted by Gasteiger charge is -2.10. The molecule has 17 heavy (non-hydrogen) atoms. The van der Waals surface area contributed by atoms with E-state index < -0.39 is 0 Å². The predicted molar refractivity (Wildman–Crippen MR) is 71.8 cm³/mol. The zero-order chi connectivity index (χ0) is 12.3. The molecule has 4 heteroatoms. The van der Waals surface area contributed by atoms with Gasteiger partial charge in [-0.3, -0.25) is 4.57 Å². The molecule has 0 N–H and O–H groups in total. The molecule has 2 rings (SSSR count). The molecule has 0 unspecified atom stereocenters. The lowest BCUT2D eigenvalue weighted by Crippen LogP contribution is -2.01. The van der Waals surface area contributed by atoms with Gasteiger partial charge in [-0.05, 0) is 25.5 Å². The second-order valence-corrected chi connectivity index (χ2v) is 4.74. The number of thioether (sulfide) groups is 1. The molecule has 0 saturated carbocycles. The molecule has 3 nitrogen and oxygen atoms in total. The van der Waals surface area contributed by atoms with Crippen LogP contribution in [0.2, 0.25) is 0 Å². The van der Waals surface area contributed by atoms with Crippen molar-refractivity contribution in [2.75, 3.05) is 5.75 Å². The summed E-state index contributed by atoms with van der Waals surface area (Å²) in [5.74, 6) is 1.75. The second-order valence-electron chi connectivity index (χ2n) is 3.75. The van der Waals surface area contributed by atoms with E-state index in [0.29, 0.717) is 0 Å². The Bertz CT molecular complexity index is 531. The third-order valence-corrected chi connectivity index (χ3v) is 3.41. The Morgan fingerprint density at radius 1 is 1.29 bits per heavy atom. The molecule has 0 aliphatic heterocycles. The van der Waals surface area contributed by atoms with Crippen LogP contribution in [0, 0.1) is 13.8 Å². The van der Waals surface area contributed by atoms with Crippen molar-refractivity contribution in [1.29, 1.82) is 0 Å². The summed E-state index contributed by atoms with van der Waals surface area (Å²) in [5, 5.41) is 9.26. The summed E-state index contributed by atoms with van der Waals surface area (Å²) in [5.41, 5.74) is 2.36.